The Bertz CT molecular complexity index is 473. The van der Waals surface area contributed by atoms with Crippen LogP contribution in [0.4, 0.5) is 4.39 Å². The normalized spacial score (nSPS) is 18.1. The summed E-state index contributed by atoms with van der Waals surface area (Å²) in [4.78, 5) is 11.9. The number of amides is 1. The molecule has 0 saturated heterocycles. The largest absolute Gasteiger partial charge is 0.388 e. The lowest BCUT2D eigenvalue weighted by molar-refractivity contribution is 0.00521. The van der Waals surface area contributed by atoms with Crippen LogP contribution in [0.5, 0.6) is 0 Å². The van der Waals surface area contributed by atoms with Crippen LogP contribution in [-0.2, 0) is 0 Å². The highest BCUT2D eigenvalue weighted by Crippen LogP contribution is 2.27. The smallest absolute Gasteiger partial charge is 0.254 e. The molecule has 1 aliphatic rings. The van der Waals surface area contributed by atoms with Gasteiger partial charge in [0.1, 0.15) is 5.82 Å². The molecule has 1 saturated carbocycles. The average Bonchev–Trinajstić information content (AvgIpc) is 2.37. The van der Waals surface area contributed by atoms with Gasteiger partial charge in [-0.25, -0.2) is 4.39 Å². The fraction of sp³-hybridized carbons (Fsp3) is 0.500. The van der Waals surface area contributed by atoms with Crippen molar-refractivity contribution >= 4 is 17.5 Å². The van der Waals surface area contributed by atoms with E-state index in [0.717, 1.165) is 25.3 Å². The zero-order valence-corrected chi connectivity index (χ0v) is 11.3. The summed E-state index contributed by atoms with van der Waals surface area (Å²) in [7, 11) is 0. The average molecular weight is 286 g/mol. The molecule has 0 aliphatic heterocycles. The fourth-order valence-corrected chi connectivity index (χ4v) is 2.56. The molecule has 5 heteroatoms. The first-order valence-electron chi connectivity index (χ1n) is 6.46. The second-order valence-electron chi connectivity index (χ2n) is 5.09. The number of benzene rings is 1. The first kappa shape index (κ1) is 14.3. The predicted octanol–water partition coefficient (Wildman–Crippen LogP) is 2.90. The second-order valence-corrected chi connectivity index (χ2v) is 5.53. The molecule has 1 fully saturated rings. The summed E-state index contributed by atoms with van der Waals surface area (Å²) in [6.45, 7) is 0.161. The van der Waals surface area contributed by atoms with Gasteiger partial charge < -0.3 is 10.4 Å². The second kappa shape index (κ2) is 5.88. The van der Waals surface area contributed by atoms with Crippen LogP contribution in [0.3, 0.4) is 0 Å². The van der Waals surface area contributed by atoms with Gasteiger partial charge in [-0.2, -0.15) is 0 Å². The number of nitrogens with one attached hydrogen (secondary N) is 1. The number of aliphatic hydroxyl groups is 1. The highest BCUT2D eigenvalue weighted by Gasteiger charge is 2.29. The number of hydrogen-bond donors (Lipinski definition) is 2. The lowest BCUT2D eigenvalue weighted by atomic mass is 9.85. The highest BCUT2D eigenvalue weighted by molar-refractivity contribution is 6.30. The van der Waals surface area contributed by atoms with E-state index in [9.17, 15) is 14.3 Å². The molecular weight excluding hydrogens is 269 g/mol. The maximum atomic E-state index is 13.6. The van der Waals surface area contributed by atoms with Crippen molar-refractivity contribution in [2.24, 2.45) is 0 Å². The minimum absolute atomic E-state index is 0.0520. The summed E-state index contributed by atoms with van der Waals surface area (Å²) in [5, 5.41) is 13.1. The Hall–Kier alpha value is -1.13. The molecule has 1 aromatic carbocycles. The fourth-order valence-electron chi connectivity index (χ4n) is 2.40. The van der Waals surface area contributed by atoms with Gasteiger partial charge in [-0.15, -0.1) is 0 Å². The van der Waals surface area contributed by atoms with E-state index in [-0.39, 0.29) is 17.1 Å². The van der Waals surface area contributed by atoms with Gasteiger partial charge >= 0.3 is 0 Å². The van der Waals surface area contributed by atoms with E-state index in [1.165, 1.54) is 12.1 Å². The van der Waals surface area contributed by atoms with Crippen LogP contribution in [0.2, 0.25) is 5.02 Å². The third-order valence-electron chi connectivity index (χ3n) is 3.54. The molecule has 0 bridgehead atoms. The number of hydrogen-bond acceptors (Lipinski definition) is 2. The van der Waals surface area contributed by atoms with Crippen LogP contribution in [0.25, 0.3) is 0 Å². The van der Waals surface area contributed by atoms with Crippen molar-refractivity contribution in [2.75, 3.05) is 6.54 Å². The quantitative estimate of drug-likeness (QED) is 0.897. The summed E-state index contributed by atoms with van der Waals surface area (Å²) in [5.41, 5.74) is -0.902. The Morgan fingerprint density at radius 3 is 2.68 bits per heavy atom. The van der Waals surface area contributed by atoms with Crippen LogP contribution in [0.1, 0.15) is 42.5 Å². The lowest BCUT2D eigenvalue weighted by Crippen LogP contribution is -2.44. The first-order chi connectivity index (χ1) is 9.00. The Balaban J connectivity index is 1.97. The zero-order valence-electron chi connectivity index (χ0n) is 10.6. The van der Waals surface area contributed by atoms with Crippen molar-refractivity contribution in [3.8, 4) is 0 Å². The third kappa shape index (κ3) is 3.67. The number of carbonyl (C=O) groups excluding carboxylic acids is 1. The molecule has 0 heterocycles. The van der Waals surface area contributed by atoms with Crippen molar-refractivity contribution in [3.05, 3.63) is 34.6 Å². The van der Waals surface area contributed by atoms with E-state index < -0.39 is 17.3 Å². The number of carbonyl (C=O) groups is 1. The Morgan fingerprint density at radius 2 is 2.05 bits per heavy atom. The van der Waals surface area contributed by atoms with Crippen molar-refractivity contribution in [3.63, 3.8) is 0 Å². The lowest BCUT2D eigenvalue weighted by Gasteiger charge is -2.32. The van der Waals surface area contributed by atoms with E-state index >= 15 is 0 Å². The first-order valence-corrected chi connectivity index (χ1v) is 6.84. The maximum absolute atomic E-state index is 13.6. The van der Waals surface area contributed by atoms with Gasteiger partial charge in [0.15, 0.2) is 0 Å². The van der Waals surface area contributed by atoms with Crippen molar-refractivity contribution < 1.29 is 14.3 Å². The molecule has 0 radical (unpaired) electrons. The van der Waals surface area contributed by atoms with Gasteiger partial charge in [-0.3, -0.25) is 4.79 Å². The summed E-state index contributed by atoms with van der Waals surface area (Å²) < 4.78 is 13.6. The molecule has 3 nitrogen and oxygen atoms in total. The minimum atomic E-state index is -0.850. The number of halogens is 2. The maximum Gasteiger partial charge on any atom is 0.254 e. The summed E-state index contributed by atoms with van der Waals surface area (Å²) in [6.07, 6.45) is 4.39. The van der Waals surface area contributed by atoms with Crippen molar-refractivity contribution in [1.29, 1.82) is 0 Å². The highest BCUT2D eigenvalue weighted by atomic mass is 35.5. The van der Waals surface area contributed by atoms with E-state index in [0.29, 0.717) is 12.8 Å². The van der Waals surface area contributed by atoms with Crippen LogP contribution in [-0.4, -0.2) is 23.2 Å². The minimum Gasteiger partial charge on any atom is -0.388 e. The molecule has 0 unspecified atom stereocenters. The van der Waals surface area contributed by atoms with Gasteiger partial charge in [-0.1, -0.05) is 30.9 Å². The Kier molecular flexibility index (Phi) is 4.42. The van der Waals surface area contributed by atoms with Crippen molar-refractivity contribution in [1.82, 2.24) is 5.32 Å². The van der Waals surface area contributed by atoms with E-state index in [1.807, 2.05) is 0 Å². The molecule has 0 atom stereocenters. The van der Waals surface area contributed by atoms with Crippen LogP contribution < -0.4 is 5.32 Å². The molecule has 1 aromatic rings. The molecule has 0 aromatic heterocycles. The molecule has 0 spiro atoms. The van der Waals surface area contributed by atoms with Gasteiger partial charge in [0.05, 0.1) is 11.2 Å². The standard InChI is InChI=1S/C14H17ClFNO2/c15-10-4-5-11(12(16)8-10)13(18)17-9-14(19)6-2-1-3-7-14/h4-5,8,19H,1-3,6-7,9H2,(H,17,18). The van der Waals surface area contributed by atoms with Crippen LogP contribution in [0, 0.1) is 5.82 Å². The number of rotatable bonds is 3. The van der Waals surface area contributed by atoms with Crippen LogP contribution in [0.15, 0.2) is 18.2 Å². The van der Waals surface area contributed by atoms with Crippen LogP contribution >= 0.6 is 11.6 Å². The van der Waals surface area contributed by atoms with Crippen molar-refractivity contribution in [2.45, 2.75) is 37.7 Å². The van der Waals surface area contributed by atoms with Gasteiger partial charge in [0, 0.05) is 11.6 Å². The molecule has 19 heavy (non-hydrogen) atoms. The topological polar surface area (TPSA) is 49.3 Å². The zero-order chi connectivity index (χ0) is 13.9. The molecular formula is C14H17ClFNO2. The molecule has 2 N–H and O–H groups in total. The third-order valence-corrected chi connectivity index (χ3v) is 3.77. The van der Waals surface area contributed by atoms with Gasteiger partial charge in [0.2, 0.25) is 0 Å². The molecule has 2 rings (SSSR count). The van der Waals surface area contributed by atoms with E-state index in [2.05, 4.69) is 5.32 Å². The van der Waals surface area contributed by atoms with Gasteiger partial charge in [-0.05, 0) is 31.0 Å². The molecule has 104 valence electrons. The van der Waals surface area contributed by atoms with Gasteiger partial charge in [0.25, 0.3) is 5.91 Å². The summed E-state index contributed by atoms with van der Waals surface area (Å²) in [6, 6.07) is 3.92. The molecule has 1 aliphatic carbocycles. The van der Waals surface area contributed by atoms with E-state index in [4.69, 9.17) is 11.6 Å². The Morgan fingerprint density at radius 1 is 1.37 bits per heavy atom. The molecule has 1 amide bonds. The summed E-state index contributed by atoms with van der Waals surface area (Å²) in [5.74, 6) is -1.17. The monoisotopic (exact) mass is 285 g/mol. The van der Waals surface area contributed by atoms with E-state index in [1.54, 1.807) is 0 Å². The summed E-state index contributed by atoms with van der Waals surface area (Å²) >= 11 is 5.63. The SMILES string of the molecule is O=C(NCC1(O)CCCCC1)c1ccc(Cl)cc1F. The predicted molar refractivity (Wildman–Crippen MR) is 71.8 cm³/mol. The Labute approximate surface area is 116 Å².